The lowest BCUT2D eigenvalue weighted by Crippen LogP contribution is -2.22. The van der Waals surface area contributed by atoms with E-state index in [1.807, 2.05) is 30.5 Å². The molecule has 0 fully saturated rings. The molecule has 3 nitrogen and oxygen atoms in total. The second kappa shape index (κ2) is 5.87. The number of aromatic nitrogens is 1. The largest absolute Gasteiger partial charge is 0.399 e. The van der Waals surface area contributed by atoms with Gasteiger partial charge < -0.3 is 10.6 Å². The summed E-state index contributed by atoms with van der Waals surface area (Å²) in [7, 11) is 0. The number of nitrogens with zero attached hydrogens (tertiary/aromatic N) is 2. The predicted molar refractivity (Wildman–Crippen MR) is 79.5 cm³/mol. The summed E-state index contributed by atoms with van der Waals surface area (Å²) < 4.78 is 1.01. The van der Waals surface area contributed by atoms with E-state index in [1.54, 1.807) is 6.20 Å². The van der Waals surface area contributed by atoms with Crippen molar-refractivity contribution in [3.05, 3.63) is 52.8 Å². The van der Waals surface area contributed by atoms with Crippen LogP contribution >= 0.6 is 15.9 Å². The van der Waals surface area contributed by atoms with Gasteiger partial charge in [-0.25, -0.2) is 0 Å². The van der Waals surface area contributed by atoms with Gasteiger partial charge in [0.2, 0.25) is 0 Å². The average Bonchev–Trinajstić information content (AvgIpc) is 2.37. The van der Waals surface area contributed by atoms with Crippen LogP contribution in [0.2, 0.25) is 0 Å². The third-order valence-corrected chi connectivity index (χ3v) is 3.21. The van der Waals surface area contributed by atoms with Gasteiger partial charge in [-0.15, -0.1) is 0 Å². The molecule has 0 aliphatic rings. The van der Waals surface area contributed by atoms with Crippen molar-refractivity contribution in [2.45, 2.75) is 13.5 Å². The molecule has 1 aromatic carbocycles. The Morgan fingerprint density at radius 2 is 1.94 bits per heavy atom. The highest BCUT2D eigenvalue weighted by molar-refractivity contribution is 9.10. The third kappa shape index (κ3) is 3.23. The lowest BCUT2D eigenvalue weighted by atomic mass is 10.2. The molecule has 94 valence electrons. The van der Waals surface area contributed by atoms with Crippen LogP contribution in [-0.2, 0) is 6.54 Å². The third-order valence-electron chi connectivity index (χ3n) is 2.77. The summed E-state index contributed by atoms with van der Waals surface area (Å²) in [5.41, 5.74) is 8.85. The fraction of sp³-hybridized carbons (Fsp3) is 0.214. The smallest absolute Gasteiger partial charge is 0.0445 e. The van der Waals surface area contributed by atoms with E-state index in [-0.39, 0.29) is 0 Å². The Morgan fingerprint density at radius 3 is 2.56 bits per heavy atom. The summed E-state index contributed by atoms with van der Waals surface area (Å²) in [4.78, 5) is 6.47. The molecule has 1 heterocycles. The summed E-state index contributed by atoms with van der Waals surface area (Å²) >= 11 is 3.44. The van der Waals surface area contributed by atoms with Gasteiger partial charge in [0.05, 0.1) is 0 Å². The number of rotatable bonds is 4. The molecule has 0 aliphatic carbocycles. The first kappa shape index (κ1) is 12.9. The number of hydrogen-bond acceptors (Lipinski definition) is 3. The van der Waals surface area contributed by atoms with Crippen LogP contribution in [0.15, 0.2) is 47.2 Å². The van der Waals surface area contributed by atoms with E-state index < -0.39 is 0 Å². The standard InChI is InChI=1S/C14H16BrN3/c1-2-18(14-5-3-13(16)4-6-14)10-11-7-12(15)9-17-8-11/h3-9H,2,10,16H2,1H3. The van der Waals surface area contributed by atoms with Gasteiger partial charge >= 0.3 is 0 Å². The molecular weight excluding hydrogens is 290 g/mol. The number of pyridine rings is 1. The van der Waals surface area contributed by atoms with Gasteiger partial charge in [0.1, 0.15) is 0 Å². The molecule has 0 radical (unpaired) electrons. The molecule has 0 unspecified atom stereocenters. The van der Waals surface area contributed by atoms with Crippen molar-refractivity contribution in [1.82, 2.24) is 4.98 Å². The lowest BCUT2D eigenvalue weighted by Gasteiger charge is -2.23. The Labute approximate surface area is 116 Å². The number of halogens is 1. The quantitative estimate of drug-likeness (QED) is 0.880. The van der Waals surface area contributed by atoms with Gasteiger partial charge in [-0.2, -0.15) is 0 Å². The number of benzene rings is 1. The molecule has 0 spiro atoms. The number of anilines is 2. The second-order valence-corrected chi connectivity index (χ2v) is 5.03. The number of hydrogen-bond donors (Lipinski definition) is 1. The normalized spacial score (nSPS) is 10.3. The van der Waals surface area contributed by atoms with E-state index in [4.69, 9.17) is 5.73 Å². The number of nitrogens with two attached hydrogens (primary N) is 1. The molecule has 2 aromatic rings. The van der Waals surface area contributed by atoms with Crippen molar-refractivity contribution in [2.24, 2.45) is 0 Å². The Hall–Kier alpha value is -1.55. The van der Waals surface area contributed by atoms with Crippen molar-refractivity contribution in [2.75, 3.05) is 17.2 Å². The highest BCUT2D eigenvalue weighted by Crippen LogP contribution is 2.19. The van der Waals surface area contributed by atoms with E-state index in [0.717, 1.165) is 23.2 Å². The maximum atomic E-state index is 5.71. The van der Waals surface area contributed by atoms with Crippen LogP contribution in [0.4, 0.5) is 11.4 Å². The zero-order chi connectivity index (χ0) is 13.0. The molecule has 0 amide bonds. The zero-order valence-corrected chi connectivity index (χ0v) is 11.9. The lowest BCUT2D eigenvalue weighted by molar-refractivity contribution is 0.827. The van der Waals surface area contributed by atoms with Crippen molar-refractivity contribution < 1.29 is 0 Å². The molecular formula is C14H16BrN3. The molecule has 0 atom stereocenters. The highest BCUT2D eigenvalue weighted by atomic mass is 79.9. The fourth-order valence-corrected chi connectivity index (χ4v) is 2.25. The maximum absolute atomic E-state index is 5.71. The Kier molecular flexibility index (Phi) is 4.20. The molecule has 18 heavy (non-hydrogen) atoms. The maximum Gasteiger partial charge on any atom is 0.0445 e. The topological polar surface area (TPSA) is 42.2 Å². The molecule has 0 saturated carbocycles. The van der Waals surface area contributed by atoms with Crippen molar-refractivity contribution in [1.29, 1.82) is 0 Å². The fourth-order valence-electron chi connectivity index (χ4n) is 1.83. The molecule has 0 aliphatic heterocycles. The number of nitrogen functional groups attached to an aromatic ring is 1. The van der Waals surface area contributed by atoms with Crippen LogP contribution in [0, 0.1) is 0 Å². The average molecular weight is 306 g/mol. The summed E-state index contributed by atoms with van der Waals surface area (Å²) in [6, 6.07) is 10.0. The van der Waals surface area contributed by atoms with E-state index in [9.17, 15) is 0 Å². The minimum atomic E-state index is 0.791. The van der Waals surface area contributed by atoms with Gasteiger partial charge in [0, 0.05) is 41.3 Å². The molecule has 2 rings (SSSR count). The van der Waals surface area contributed by atoms with Gasteiger partial charge in [0.25, 0.3) is 0 Å². The first-order chi connectivity index (χ1) is 8.69. The van der Waals surface area contributed by atoms with Crippen molar-refractivity contribution >= 4 is 27.3 Å². The zero-order valence-electron chi connectivity index (χ0n) is 10.3. The van der Waals surface area contributed by atoms with Crippen LogP contribution in [0.1, 0.15) is 12.5 Å². The van der Waals surface area contributed by atoms with Gasteiger partial charge in [-0.1, -0.05) is 0 Å². The van der Waals surface area contributed by atoms with Crippen LogP contribution in [0.5, 0.6) is 0 Å². The van der Waals surface area contributed by atoms with E-state index >= 15 is 0 Å². The SMILES string of the molecule is CCN(Cc1cncc(Br)c1)c1ccc(N)cc1. The van der Waals surface area contributed by atoms with Crippen molar-refractivity contribution in [3.63, 3.8) is 0 Å². The highest BCUT2D eigenvalue weighted by Gasteiger charge is 2.05. The van der Waals surface area contributed by atoms with E-state index in [1.165, 1.54) is 11.3 Å². The summed E-state index contributed by atoms with van der Waals surface area (Å²) in [6.45, 7) is 3.92. The van der Waals surface area contributed by atoms with E-state index in [2.05, 4.69) is 38.8 Å². The van der Waals surface area contributed by atoms with Crippen LogP contribution < -0.4 is 10.6 Å². The van der Waals surface area contributed by atoms with Crippen LogP contribution in [0.3, 0.4) is 0 Å². The van der Waals surface area contributed by atoms with E-state index in [0.29, 0.717) is 0 Å². The van der Waals surface area contributed by atoms with Gasteiger partial charge in [-0.05, 0) is 58.7 Å². The second-order valence-electron chi connectivity index (χ2n) is 4.12. The Bertz CT molecular complexity index is 511. The molecule has 1 aromatic heterocycles. The summed E-state index contributed by atoms with van der Waals surface area (Å²) in [6.07, 6.45) is 3.69. The minimum absolute atomic E-state index is 0.791. The van der Waals surface area contributed by atoms with Crippen LogP contribution in [-0.4, -0.2) is 11.5 Å². The Morgan fingerprint density at radius 1 is 1.22 bits per heavy atom. The predicted octanol–water partition coefficient (Wildman–Crippen LogP) is 3.45. The first-order valence-corrected chi connectivity index (χ1v) is 6.68. The summed E-state index contributed by atoms with van der Waals surface area (Å²) in [5.74, 6) is 0. The summed E-state index contributed by atoms with van der Waals surface area (Å²) in [5, 5.41) is 0. The Balaban J connectivity index is 2.17. The molecule has 0 bridgehead atoms. The molecule has 2 N–H and O–H groups in total. The minimum Gasteiger partial charge on any atom is -0.399 e. The van der Waals surface area contributed by atoms with Crippen molar-refractivity contribution in [3.8, 4) is 0 Å². The van der Waals surface area contributed by atoms with Gasteiger partial charge in [0.15, 0.2) is 0 Å². The monoisotopic (exact) mass is 305 g/mol. The molecule has 4 heteroatoms. The van der Waals surface area contributed by atoms with Crippen LogP contribution in [0.25, 0.3) is 0 Å². The molecule has 0 saturated heterocycles. The first-order valence-electron chi connectivity index (χ1n) is 5.89. The van der Waals surface area contributed by atoms with Gasteiger partial charge in [-0.3, -0.25) is 4.98 Å².